The summed E-state index contributed by atoms with van der Waals surface area (Å²) in [4.78, 5) is 0. The summed E-state index contributed by atoms with van der Waals surface area (Å²) in [6.45, 7) is 2.01. The van der Waals surface area contributed by atoms with E-state index in [-0.39, 0.29) is 11.6 Å². The van der Waals surface area contributed by atoms with Crippen molar-refractivity contribution in [3.05, 3.63) is 17.5 Å². The quantitative estimate of drug-likeness (QED) is 0.607. The number of hydrogen-bond acceptors (Lipinski definition) is 4. The van der Waals surface area contributed by atoms with E-state index < -0.39 is 0 Å². The molecule has 1 fully saturated rings. The van der Waals surface area contributed by atoms with E-state index in [1.54, 1.807) is 7.11 Å². The molecule has 0 aliphatic heterocycles. The van der Waals surface area contributed by atoms with Gasteiger partial charge in [0.2, 0.25) is 0 Å². The zero-order chi connectivity index (χ0) is 13.2. The zero-order valence-electron chi connectivity index (χ0n) is 11.6. The third-order valence-corrected chi connectivity index (χ3v) is 4.20. The van der Waals surface area contributed by atoms with E-state index in [1.165, 1.54) is 18.5 Å². The molecule has 1 aliphatic rings. The molecule has 1 heterocycles. The number of nitrogens with zero attached hydrogens (tertiary/aromatic N) is 2. The lowest BCUT2D eigenvalue weighted by molar-refractivity contribution is -0.0359. The van der Waals surface area contributed by atoms with Gasteiger partial charge in [-0.3, -0.25) is 16.0 Å². The molecule has 18 heavy (non-hydrogen) atoms. The molecule has 1 aliphatic carbocycles. The minimum Gasteiger partial charge on any atom is -0.377 e. The van der Waals surface area contributed by atoms with Crippen LogP contribution < -0.4 is 11.3 Å². The predicted molar refractivity (Wildman–Crippen MR) is 71.0 cm³/mol. The van der Waals surface area contributed by atoms with Crippen LogP contribution in [0, 0.1) is 6.92 Å². The van der Waals surface area contributed by atoms with Gasteiger partial charge in [-0.05, 0) is 25.8 Å². The van der Waals surface area contributed by atoms with Gasteiger partial charge in [-0.25, -0.2) is 0 Å². The largest absolute Gasteiger partial charge is 0.377 e. The lowest BCUT2D eigenvalue weighted by atomic mass is 9.89. The Morgan fingerprint density at radius 3 is 2.67 bits per heavy atom. The molecule has 0 aromatic carbocycles. The monoisotopic (exact) mass is 252 g/mol. The molecule has 1 saturated carbocycles. The normalized spacial score (nSPS) is 20.2. The van der Waals surface area contributed by atoms with E-state index >= 15 is 0 Å². The molecule has 0 spiro atoms. The lowest BCUT2D eigenvalue weighted by Gasteiger charge is -2.36. The second-order valence-corrected chi connectivity index (χ2v) is 5.30. The minimum atomic E-state index is -0.118. The Bertz CT molecular complexity index is 396. The summed E-state index contributed by atoms with van der Waals surface area (Å²) in [7, 11) is 3.77. The molecule has 1 unspecified atom stereocenters. The Morgan fingerprint density at radius 2 is 2.22 bits per heavy atom. The van der Waals surface area contributed by atoms with Gasteiger partial charge in [0, 0.05) is 26.3 Å². The Hall–Kier alpha value is -0.910. The number of ether oxygens (including phenoxy) is 1. The summed E-state index contributed by atoms with van der Waals surface area (Å²) in [5.41, 5.74) is 5.07. The maximum atomic E-state index is 5.80. The van der Waals surface area contributed by atoms with Gasteiger partial charge >= 0.3 is 0 Å². The van der Waals surface area contributed by atoms with Gasteiger partial charge in [0.25, 0.3) is 0 Å². The number of hydrogen-bond donors (Lipinski definition) is 2. The molecular weight excluding hydrogens is 228 g/mol. The molecule has 0 amide bonds. The molecule has 0 radical (unpaired) electrons. The zero-order valence-corrected chi connectivity index (χ0v) is 11.6. The highest BCUT2D eigenvalue weighted by atomic mass is 16.5. The molecule has 3 N–H and O–H groups in total. The van der Waals surface area contributed by atoms with Crippen LogP contribution in [0.5, 0.6) is 0 Å². The maximum Gasteiger partial charge on any atom is 0.0848 e. The molecule has 1 aromatic rings. The van der Waals surface area contributed by atoms with Crippen LogP contribution in [0.1, 0.15) is 37.1 Å². The van der Waals surface area contributed by atoms with Gasteiger partial charge in [0.1, 0.15) is 0 Å². The summed E-state index contributed by atoms with van der Waals surface area (Å²) in [6, 6.07) is 2.25. The molecule has 0 saturated heterocycles. The van der Waals surface area contributed by atoms with Crippen molar-refractivity contribution in [2.45, 2.75) is 50.7 Å². The highest BCUT2D eigenvalue weighted by molar-refractivity contribution is 5.12. The van der Waals surface area contributed by atoms with Crippen LogP contribution in [-0.2, 0) is 18.2 Å². The fraction of sp³-hybridized carbons (Fsp3) is 0.769. The fourth-order valence-electron chi connectivity index (χ4n) is 3.13. The molecular formula is C13H24N4O. The SMILES string of the molecule is COC1(C(Cc2cc(C)nn2C)NN)CCCC1. The number of nitrogens with two attached hydrogens (primary N) is 1. The number of hydrazine groups is 1. The van der Waals surface area contributed by atoms with Gasteiger partial charge in [-0.2, -0.15) is 5.10 Å². The standard InChI is InChI=1S/C13H24N4O/c1-10-8-11(17(2)16-10)9-12(15-14)13(18-3)6-4-5-7-13/h8,12,15H,4-7,9,14H2,1-3H3. The van der Waals surface area contributed by atoms with E-state index in [0.29, 0.717) is 0 Å². The molecule has 102 valence electrons. The van der Waals surface area contributed by atoms with Crippen LogP contribution in [-0.4, -0.2) is 28.5 Å². The molecule has 5 nitrogen and oxygen atoms in total. The minimum absolute atomic E-state index is 0.118. The lowest BCUT2D eigenvalue weighted by Crippen LogP contribution is -2.54. The number of methoxy groups -OCH3 is 1. The van der Waals surface area contributed by atoms with Crippen LogP contribution in [0.3, 0.4) is 0 Å². The van der Waals surface area contributed by atoms with Gasteiger partial charge in [0.05, 0.1) is 17.3 Å². The molecule has 5 heteroatoms. The summed E-state index contributed by atoms with van der Waals surface area (Å²) in [5.74, 6) is 5.76. The van der Waals surface area contributed by atoms with Crippen LogP contribution >= 0.6 is 0 Å². The smallest absolute Gasteiger partial charge is 0.0848 e. The van der Waals surface area contributed by atoms with Crippen molar-refractivity contribution < 1.29 is 4.74 Å². The van der Waals surface area contributed by atoms with Crippen LogP contribution in [0.4, 0.5) is 0 Å². The predicted octanol–water partition coefficient (Wildman–Crippen LogP) is 1.06. The highest BCUT2D eigenvalue weighted by Gasteiger charge is 2.41. The Kier molecular flexibility index (Phi) is 4.04. The van der Waals surface area contributed by atoms with E-state index in [1.807, 2.05) is 18.7 Å². The molecule has 2 rings (SSSR count). The van der Waals surface area contributed by atoms with Crippen molar-refractivity contribution >= 4 is 0 Å². The fourth-order valence-corrected chi connectivity index (χ4v) is 3.13. The van der Waals surface area contributed by atoms with E-state index in [2.05, 4.69) is 16.6 Å². The summed E-state index contributed by atoms with van der Waals surface area (Å²) < 4.78 is 7.73. The van der Waals surface area contributed by atoms with Crippen molar-refractivity contribution in [3.63, 3.8) is 0 Å². The van der Waals surface area contributed by atoms with Gasteiger partial charge in [-0.15, -0.1) is 0 Å². The van der Waals surface area contributed by atoms with E-state index in [0.717, 1.165) is 25.0 Å². The van der Waals surface area contributed by atoms with Crippen LogP contribution in [0.15, 0.2) is 6.07 Å². The summed E-state index contributed by atoms with van der Waals surface area (Å²) in [5, 5.41) is 4.38. The third-order valence-electron chi connectivity index (χ3n) is 4.20. The van der Waals surface area contributed by atoms with Gasteiger partial charge in [0.15, 0.2) is 0 Å². The second-order valence-electron chi connectivity index (χ2n) is 5.30. The average molecular weight is 252 g/mol. The van der Waals surface area contributed by atoms with Crippen molar-refractivity contribution in [1.82, 2.24) is 15.2 Å². The summed E-state index contributed by atoms with van der Waals surface area (Å²) in [6.07, 6.45) is 5.44. The second kappa shape index (κ2) is 5.38. The van der Waals surface area contributed by atoms with E-state index in [4.69, 9.17) is 10.6 Å². The van der Waals surface area contributed by atoms with Crippen LogP contribution in [0.2, 0.25) is 0 Å². The topological polar surface area (TPSA) is 65.1 Å². The van der Waals surface area contributed by atoms with Crippen LogP contribution in [0.25, 0.3) is 0 Å². The van der Waals surface area contributed by atoms with Crippen molar-refractivity contribution in [1.29, 1.82) is 0 Å². The number of aryl methyl sites for hydroxylation is 2. The van der Waals surface area contributed by atoms with Crippen molar-refractivity contribution in [3.8, 4) is 0 Å². The summed E-state index contributed by atoms with van der Waals surface area (Å²) >= 11 is 0. The number of aromatic nitrogens is 2. The third kappa shape index (κ3) is 2.43. The Labute approximate surface area is 109 Å². The molecule has 1 aromatic heterocycles. The average Bonchev–Trinajstić information content (AvgIpc) is 2.94. The van der Waals surface area contributed by atoms with Gasteiger partial charge < -0.3 is 4.74 Å². The first-order valence-corrected chi connectivity index (χ1v) is 6.62. The Morgan fingerprint density at radius 1 is 1.56 bits per heavy atom. The van der Waals surface area contributed by atoms with Gasteiger partial charge in [-0.1, -0.05) is 12.8 Å². The first-order valence-electron chi connectivity index (χ1n) is 6.62. The maximum absolute atomic E-state index is 5.80. The highest BCUT2D eigenvalue weighted by Crippen LogP contribution is 2.36. The number of nitrogens with one attached hydrogen (secondary N) is 1. The molecule has 1 atom stereocenters. The number of rotatable bonds is 5. The van der Waals surface area contributed by atoms with E-state index in [9.17, 15) is 0 Å². The molecule has 0 bridgehead atoms. The van der Waals surface area contributed by atoms with Crippen molar-refractivity contribution in [2.24, 2.45) is 12.9 Å². The first kappa shape index (κ1) is 13.5. The first-order chi connectivity index (χ1) is 8.61. The van der Waals surface area contributed by atoms with Crippen molar-refractivity contribution in [2.75, 3.05) is 7.11 Å². The Balaban J connectivity index is 2.16.